The number of nitrogens with zero attached hydrogens (tertiary/aromatic N) is 2. The third-order valence-electron chi connectivity index (χ3n) is 4.25. The number of hydrogen-bond acceptors (Lipinski definition) is 5. The first-order chi connectivity index (χ1) is 9.72. The average Bonchev–Trinajstić information content (AvgIpc) is 3.28. The summed E-state index contributed by atoms with van der Waals surface area (Å²) in [5.41, 5.74) is 0. The Bertz CT molecular complexity index is 299. The van der Waals surface area contributed by atoms with Gasteiger partial charge in [0, 0.05) is 39.3 Å². The van der Waals surface area contributed by atoms with Crippen molar-refractivity contribution in [3.63, 3.8) is 0 Å². The number of esters is 1. The van der Waals surface area contributed by atoms with Crippen LogP contribution in [0.25, 0.3) is 0 Å². The molecule has 0 amide bonds. The topological polar surface area (TPSA) is 44.8 Å². The van der Waals surface area contributed by atoms with Gasteiger partial charge >= 0.3 is 5.97 Å². The first kappa shape index (κ1) is 15.7. The molecule has 2 aliphatic rings. The molecule has 116 valence electrons. The molecule has 2 fully saturated rings. The van der Waals surface area contributed by atoms with Gasteiger partial charge in [0.25, 0.3) is 0 Å². The number of carbonyl (C=O) groups excluding carboxylic acids is 1. The number of rotatable bonds is 8. The molecule has 0 aromatic heterocycles. The third kappa shape index (κ3) is 5.04. The van der Waals surface area contributed by atoms with Crippen LogP contribution in [0, 0.1) is 5.92 Å². The summed E-state index contributed by atoms with van der Waals surface area (Å²) in [6, 6.07) is -0.185. The highest BCUT2D eigenvalue weighted by molar-refractivity contribution is 5.75. The lowest BCUT2D eigenvalue weighted by Crippen LogP contribution is -2.53. The summed E-state index contributed by atoms with van der Waals surface area (Å²) in [4.78, 5) is 16.7. The Kier molecular flexibility index (Phi) is 6.26. The van der Waals surface area contributed by atoms with Gasteiger partial charge < -0.3 is 15.0 Å². The first-order valence-electron chi connectivity index (χ1n) is 7.98. The van der Waals surface area contributed by atoms with E-state index in [1.165, 1.54) is 26.5 Å². The fraction of sp³-hybridized carbons (Fsp3) is 0.933. The number of methoxy groups -OCH3 is 1. The zero-order valence-corrected chi connectivity index (χ0v) is 12.9. The number of carbonyl (C=O) groups is 1. The van der Waals surface area contributed by atoms with E-state index in [4.69, 9.17) is 4.74 Å². The zero-order valence-electron chi connectivity index (χ0n) is 12.9. The summed E-state index contributed by atoms with van der Waals surface area (Å²) in [5.74, 6) is 0.828. The summed E-state index contributed by atoms with van der Waals surface area (Å²) in [5, 5.41) is 3.29. The van der Waals surface area contributed by atoms with Crippen LogP contribution in [0.2, 0.25) is 0 Å². The lowest BCUT2D eigenvalue weighted by molar-refractivity contribution is -0.143. The van der Waals surface area contributed by atoms with E-state index in [1.54, 1.807) is 0 Å². The van der Waals surface area contributed by atoms with Gasteiger partial charge in [0.15, 0.2) is 0 Å². The molecule has 1 saturated carbocycles. The fourth-order valence-corrected chi connectivity index (χ4v) is 2.76. The van der Waals surface area contributed by atoms with E-state index in [0.29, 0.717) is 0 Å². The molecule has 2 rings (SSSR count). The number of nitrogens with one attached hydrogen (secondary N) is 1. The average molecular weight is 283 g/mol. The predicted octanol–water partition coefficient (Wildman–Crippen LogP) is 0.555. The van der Waals surface area contributed by atoms with E-state index < -0.39 is 0 Å². The molecule has 5 heteroatoms. The Balaban J connectivity index is 1.71. The second kappa shape index (κ2) is 7.96. The molecule has 0 aromatic rings. The van der Waals surface area contributed by atoms with Crippen LogP contribution >= 0.6 is 0 Å². The molecule has 1 N–H and O–H groups in total. The zero-order chi connectivity index (χ0) is 14.4. The third-order valence-corrected chi connectivity index (χ3v) is 4.25. The van der Waals surface area contributed by atoms with Gasteiger partial charge in [-0.15, -0.1) is 0 Å². The van der Waals surface area contributed by atoms with Gasteiger partial charge in [-0.1, -0.05) is 6.92 Å². The second-order valence-electron chi connectivity index (χ2n) is 6.07. The summed E-state index contributed by atoms with van der Waals surface area (Å²) in [7, 11) is 1.47. The predicted molar refractivity (Wildman–Crippen MR) is 79.7 cm³/mol. The van der Waals surface area contributed by atoms with Crippen molar-refractivity contribution < 1.29 is 9.53 Å². The van der Waals surface area contributed by atoms with Crippen molar-refractivity contribution in [3.05, 3.63) is 0 Å². The number of piperazine rings is 1. The minimum Gasteiger partial charge on any atom is -0.468 e. The van der Waals surface area contributed by atoms with E-state index in [9.17, 15) is 4.79 Å². The molecule has 0 bridgehead atoms. The van der Waals surface area contributed by atoms with Gasteiger partial charge in [0.1, 0.15) is 6.04 Å². The summed E-state index contributed by atoms with van der Waals surface area (Å²) in [6.07, 6.45) is 3.87. The summed E-state index contributed by atoms with van der Waals surface area (Å²) >= 11 is 0. The molecule has 20 heavy (non-hydrogen) atoms. The Morgan fingerprint density at radius 1 is 1.25 bits per heavy atom. The minimum absolute atomic E-state index is 0.140. The molecule has 5 nitrogen and oxygen atoms in total. The van der Waals surface area contributed by atoms with Crippen molar-refractivity contribution in [1.82, 2.24) is 15.1 Å². The van der Waals surface area contributed by atoms with E-state index in [0.717, 1.165) is 51.6 Å². The highest BCUT2D eigenvalue weighted by atomic mass is 16.5. The lowest BCUT2D eigenvalue weighted by Gasteiger charge is -2.36. The highest BCUT2D eigenvalue weighted by Gasteiger charge is 2.28. The van der Waals surface area contributed by atoms with Crippen LogP contribution in [0.15, 0.2) is 0 Å². The van der Waals surface area contributed by atoms with Gasteiger partial charge in [-0.3, -0.25) is 9.69 Å². The van der Waals surface area contributed by atoms with Crippen LogP contribution in [0.3, 0.4) is 0 Å². The summed E-state index contributed by atoms with van der Waals surface area (Å²) < 4.78 is 4.89. The highest BCUT2D eigenvalue weighted by Crippen LogP contribution is 2.29. The van der Waals surface area contributed by atoms with Crippen molar-refractivity contribution >= 4 is 5.97 Å². The summed E-state index contributed by atoms with van der Waals surface area (Å²) in [6.45, 7) is 9.42. The van der Waals surface area contributed by atoms with Crippen molar-refractivity contribution in [2.45, 2.75) is 32.2 Å². The van der Waals surface area contributed by atoms with Gasteiger partial charge in [-0.05, 0) is 31.7 Å². The lowest BCUT2D eigenvalue weighted by atomic mass is 10.2. The number of ether oxygens (including phenoxy) is 1. The van der Waals surface area contributed by atoms with Crippen LogP contribution in [0.4, 0.5) is 0 Å². The standard InChI is InChI=1S/C15H29N3O2/c1-3-6-16-14(15(19)20-2)12-18-9-7-17(8-10-18)11-13-4-5-13/h13-14,16H,3-12H2,1-2H3. The smallest absolute Gasteiger partial charge is 0.324 e. The molecule has 1 saturated heterocycles. The van der Waals surface area contributed by atoms with Crippen LogP contribution in [0.5, 0.6) is 0 Å². The van der Waals surface area contributed by atoms with E-state index in [-0.39, 0.29) is 12.0 Å². The maximum atomic E-state index is 11.8. The van der Waals surface area contributed by atoms with Crippen molar-refractivity contribution in [3.8, 4) is 0 Å². The van der Waals surface area contributed by atoms with Crippen LogP contribution < -0.4 is 5.32 Å². The molecular weight excluding hydrogens is 254 g/mol. The largest absolute Gasteiger partial charge is 0.468 e. The van der Waals surface area contributed by atoms with E-state index in [2.05, 4.69) is 22.0 Å². The Morgan fingerprint density at radius 2 is 1.90 bits per heavy atom. The van der Waals surface area contributed by atoms with Gasteiger partial charge in [-0.2, -0.15) is 0 Å². The van der Waals surface area contributed by atoms with Crippen molar-refractivity contribution in [2.75, 3.05) is 52.9 Å². The maximum absolute atomic E-state index is 11.8. The molecule has 1 heterocycles. The molecule has 1 aliphatic carbocycles. The molecule has 1 atom stereocenters. The van der Waals surface area contributed by atoms with Gasteiger partial charge in [-0.25, -0.2) is 0 Å². The van der Waals surface area contributed by atoms with Crippen LogP contribution in [-0.2, 0) is 9.53 Å². The Hall–Kier alpha value is -0.650. The van der Waals surface area contributed by atoms with Crippen molar-refractivity contribution in [2.24, 2.45) is 5.92 Å². The fourth-order valence-electron chi connectivity index (χ4n) is 2.76. The normalized spacial score (nSPS) is 22.7. The van der Waals surface area contributed by atoms with E-state index >= 15 is 0 Å². The Labute approximate surface area is 122 Å². The maximum Gasteiger partial charge on any atom is 0.324 e. The molecule has 1 unspecified atom stereocenters. The minimum atomic E-state index is -0.185. The van der Waals surface area contributed by atoms with Gasteiger partial charge in [0.2, 0.25) is 0 Å². The second-order valence-corrected chi connectivity index (χ2v) is 6.07. The Morgan fingerprint density at radius 3 is 2.45 bits per heavy atom. The molecular formula is C15H29N3O2. The monoisotopic (exact) mass is 283 g/mol. The molecule has 0 spiro atoms. The van der Waals surface area contributed by atoms with E-state index in [1.807, 2.05) is 0 Å². The number of hydrogen-bond donors (Lipinski definition) is 1. The molecule has 0 aromatic carbocycles. The molecule has 1 aliphatic heterocycles. The SMILES string of the molecule is CCCNC(CN1CCN(CC2CC2)CC1)C(=O)OC. The van der Waals surface area contributed by atoms with Gasteiger partial charge in [0.05, 0.1) is 7.11 Å². The first-order valence-corrected chi connectivity index (χ1v) is 7.98. The van der Waals surface area contributed by atoms with Crippen LogP contribution in [0.1, 0.15) is 26.2 Å². The molecule has 0 radical (unpaired) electrons. The van der Waals surface area contributed by atoms with Crippen molar-refractivity contribution in [1.29, 1.82) is 0 Å². The van der Waals surface area contributed by atoms with Crippen LogP contribution in [-0.4, -0.2) is 74.7 Å². The quantitative estimate of drug-likeness (QED) is 0.659.